The van der Waals surface area contributed by atoms with Gasteiger partial charge in [0.1, 0.15) is 0 Å². The molecule has 0 aliphatic rings. The van der Waals surface area contributed by atoms with Crippen molar-refractivity contribution in [1.82, 2.24) is 9.13 Å². The van der Waals surface area contributed by atoms with Crippen LogP contribution in [-0.2, 0) is 0 Å². The number of fused-ring (bicyclic) bond motifs is 6. The predicted molar refractivity (Wildman–Crippen MR) is 237 cm³/mol. The Balaban J connectivity index is 1.06. The van der Waals surface area contributed by atoms with E-state index in [2.05, 4.69) is 228 Å². The second-order valence-electron chi connectivity index (χ2n) is 14.5. The van der Waals surface area contributed by atoms with Crippen LogP contribution in [0.5, 0.6) is 0 Å². The fraction of sp³-hybridized carbons (Fsp3) is 0. The quantitative estimate of drug-likeness (QED) is 0.162. The average molecular weight is 713 g/mol. The van der Waals surface area contributed by atoms with Crippen LogP contribution in [0.4, 0.5) is 0 Å². The second-order valence-corrected chi connectivity index (χ2v) is 14.5. The van der Waals surface area contributed by atoms with Gasteiger partial charge < -0.3 is 9.13 Å². The van der Waals surface area contributed by atoms with E-state index < -0.39 is 0 Å². The predicted octanol–water partition coefficient (Wildman–Crippen LogP) is 14.5. The SMILES string of the molecule is c1ccc(-c2cccc(-c3cccc(-n4c5ccccc5c5cc(-c6ccc7c8ccccc8n(-c8ccccc8-c8ccccc8)c7c6)ccc54)c3)c2)cc1. The molecule has 0 saturated carbocycles. The largest absolute Gasteiger partial charge is 0.309 e. The third-order valence-electron chi connectivity index (χ3n) is 11.3. The molecule has 0 saturated heterocycles. The van der Waals surface area contributed by atoms with Gasteiger partial charge in [0.05, 0.1) is 27.8 Å². The van der Waals surface area contributed by atoms with Crippen molar-refractivity contribution >= 4 is 43.6 Å². The molecular weight excluding hydrogens is 677 g/mol. The minimum absolute atomic E-state index is 1.15. The summed E-state index contributed by atoms with van der Waals surface area (Å²) in [7, 11) is 0. The molecule has 56 heavy (non-hydrogen) atoms. The summed E-state index contributed by atoms with van der Waals surface area (Å²) in [4.78, 5) is 0. The molecule has 0 aliphatic carbocycles. The Labute approximate surface area is 325 Å². The van der Waals surface area contributed by atoms with Crippen LogP contribution in [0.15, 0.2) is 218 Å². The van der Waals surface area contributed by atoms with E-state index in [0.717, 1.165) is 5.69 Å². The van der Waals surface area contributed by atoms with Gasteiger partial charge in [-0.15, -0.1) is 0 Å². The molecule has 0 unspecified atom stereocenters. The maximum absolute atomic E-state index is 2.45. The van der Waals surface area contributed by atoms with Crippen LogP contribution in [0.2, 0.25) is 0 Å². The van der Waals surface area contributed by atoms with E-state index in [1.807, 2.05) is 0 Å². The smallest absolute Gasteiger partial charge is 0.0547 e. The Morgan fingerprint density at radius 3 is 1.52 bits per heavy atom. The van der Waals surface area contributed by atoms with Gasteiger partial charge in [0.2, 0.25) is 0 Å². The Morgan fingerprint density at radius 2 is 0.732 bits per heavy atom. The van der Waals surface area contributed by atoms with E-state index in [1.54, 1.807) is 0 Å². The minimum Gasteiger partial charge on any atom is -0.309 e. The van der Waals surface area contributed by atoms with Crippen molar-refractivity contribution < 1.29 is 0 Å². The summed E-state index contributed by atoms with van der Waals surface area (Å²) in [5.41, 5.74) is 16.8. The zero-order valence-electron chi connectivity index (χ0n) is 30.7. The number of nitrogens with zero attached hydrogens (tertiary/aromatic N) is 2. The summed E-state index contributed by atoms with van der Waals surface area (Å²) in [5, 5.41) is 4.99. The molecule has 0 N–H and O–H groups in total. The van der Waals surface area contributed by atoms with Gasteiger partial charge in [0.15, 0.2) is 0 Å². The maximum Gasteiger partial charge on any atom is 0.0547 e. The number of hydrogen-bond acceptors (Lipinski definition) is 0. The summed E-state index contributed by atoms with van der Waals surface area (Å²) >= 11 is 0. The molecule has 0 radical (unpaired) electrons. The maximum atomic E-state index is 2.45. The molecule has 0 spiro atoms. The Bertz CT molecular complexity index is 3240. The van der Waals surface area contributed by atoms with Crippen LogP contribution >= 0.6 is 0 Å². The summed E-state index contributed by atoms with van der Waals surface area (Å²) in [5.74, 6) is 0. The lowest BCUT2D eigenvalue weighted by atomic mass is 9.99. The minimum atomic E-state index is 1.15. The molecule has 0 bridgehead atoms. The highest BCUT2D eigenvalue weighted by atomic mass is 15.0. The third kappa shape index (κ3) is 5.26. The van der Waals surface area contributed by atoms with E-state index in [1.165, 1.54) is 93.8 Å². The number of rotatable bonds is 6. The van der Waals surface area contributed by atoms with Crippen molar-refractivity contribution in [2.45, 2.75) is 0 Å². The van der Waals surface area contributed by atoms with Crippen LogP contribution in [-0.4, -0.2) is 9.13 Å². The van der Waals surface area contributed by atoms with E-state index in [0.29, 0.717) is 0 Å². The standard InChI is InChI=1S/C54H36N2/c1-3-15-37(16-4-1)39-19-13-20-40(33-39)41-21-14-22-44(34-41)55-51-27-11-9-25-47(51)49-35-42(30-32-53(49)55)43-29-31-48-46-24-8-12-28-52(46)56(54(48)36-43)50-26-10-7-23-45(50)38-17-5-2-6-18-38/h1-36H. The van der Waals surface area contributed by atoms with Gasteiger partial charge in [-0.25, -0.2) is 0 Å². The molecule has 2 aromatic heterocycles. The highest BCUT2D eigenvalue weighted by Crippen LogP contribution is 2.40. The third-order valence-corrected chi connectivity index (χ3v) is 11.3. The highest BCUT2D eigenvalue weighted by molar-refractivity contribution is 6.12. The van der Waals surface area contributed by atoms with Crippen molar-refractivity contribution in [3.8, 4) is 55.9 Å². The monoisotopic (exact) mass is 712 g/mol. The Hall–Kier alpha value is -7.42. The first-order valence-electron chi connectivity index (χ1n) is 19.3. The molecule has 0 amide bonds. The zero-order valence-corrected chi connectivity index (χ0v) is 30.7. The van der Waals surface area contributed by atoms with Gasteiger partial charge in [-0.3, -0.25) is 0 Å². The van der Waals surface area contributed by atoms with Gasteiger partial charge in [0.25, 0.3) is 0 Å². The van der Waals surface area contributed by atoms with Gasteiger partial charge in [-0.1, -0.05) is 164 Å². The van der Waals surface area contributed by atoms with Crippen LogP contribution in [0, 0.1) is 0 Å². The van der Waals surface area contributed by atoms with Crippen LogP contribution < -0.4 is 0 Å². The molecule has 0 atom stereocenters. The molecule has 2 nitrogen and oxygen atoms in total. The number of hydrogen-bond donors (Lipinski definition) is 0. The Kier molecular flexibility index (Phi) is 7.53. The highest BCUT2D eigenvalue weighted by Gasteiger charge is 2.18. The fourth-order valence-electron chi connectivity index (χ4n) is 8.70. The average Bonchev–Trinajstić information content (AvgIpc) is 3.79. The van der Waals surface area contributed by atoms with E-state index in [-0.39, 0.29) is 0 Å². The van der Waals surface area contributed by atoms with Crippen LogP contribution in [0.3, 0.4) is 0 Å². The van der Waals surface area contributed by atoms with Crippen molar-refractivity contribution in [1.29, 1.82) is 0 Å². The molecule has 0 aliphatic heterocycles. The fourth-order valence-corrected chi connectivity index (χ4v) is 8.70. The van der Waals surface area contributed by atoms with Crippen molar-refractivity contribution in [3.63, 3.8) is 0 Å². The number of aromatic nitrogens is 2. The van der Waals surface area contributed by atoms with E-state index in [9.17, 15) is 0 Å². The zero-order chi connectivity index (χ0) is 37.0. The van der Waals surface area contributed by atoms with Gasteiger partial charge >= 0.3 is 0 Å². The topological polar surface area (TPSA) is 9.86 Å². The summed E-state index contributed by atoms with van der Waals surface area (Å²) in [6.07, 6.45) is 0. The van der Waals surface area contributed by atoms with Crippen LogP contribution in [0.1, 0.15) is 0 Å². The van der Waals surface area contributed by atoms with Crippen molar-refractivity contribution in [2.24, 2.45) is 0 Å². The van der Waals surface area contributed by atoms with Crippen LogP contribution in [0.25, 0.3) is 99.5 Å². The molecule has 262 valence electrons. The van der Waals surface area contributed by atoms with Crippen molar-refractivity contribution in [3.05, 3.63) is 218 Å². The Morgan fingerprint density at radius 1 is 0.232 bits per heavy atom. The molecule has 0 fully saturated rings. The van der Waals surface area contributed by atoms with E-state index >= 15 is 0 Å². The second kappa shape index (κ2) is 13.2. The first kappa shape index (κ1) is 32.0. The molecular formula is C54H36N2. The summed E-state index contributed by atoms with van der Waals surface area (Å²) in [6.45, 7) is 0. The molecule has 2 heterocycles. The number of benzene rings is 9. The molecule has 9 aromatic carbocycles. The lowest BCUT2D eigenvalue weighted by Crippen LogP contribution is -1.97. The first-order chi connectivity index (χ1) is 27.8. The summed E-state index contributed by atoms with van der Waals surface area (Å²) < 4.78 is 4.87. The van der Waals surface area contributed by atoms with Gasteiger partial charge in [-0.2, -0.15) is 0 Å². The molecule has 11 aromatic rings. The van der Waals surface area contributed by atoms with Gasteiger partial charge in [0, 0.05) is 32.8 Å². The van der Waals surface area contributed by atoms with E-state index in [4.69, 9.17) is 0 Å². The lowest BCUT2D eigenvalue weighted by molar-refractivity contribution is 1.18. The molecule has 11 rings (SSSR count). The van der Waals surface area contributed by atoms with Crippen molar-refractivity contribution in [2.75, 3.05) is 0 Å². The first-order valence-corrected chi connectivity index (χ1v) is 19.3. The summed E-state index contributed by atoms with van der Waals surface area (Å²) in [6, 6.07) is 79.4. The normalized spacial score (nSPS) is 11.6. The van der Waals surface area contributed by atoms with Gasteiger partial charge in [-0.05, 0) is 93.5 Å². The molecule has 2 heteroatoms. The lowest BCUT2D eigenvalue weighted by Gasteiger charge is -2.14. The number of para-hydroxylation sites is 3.